The molecule has 0 radical (unpaired) electrons. The minimum absolute atomic E-state index is 0.00151. The van der Waals surface area contributed by atoms with Crippen LogP contribution in [0.3, 0.4) is 0 Å². The summed E-state index contributed by atoms with van der Waals surface area (Å²) in [6, 6.07) is 14.2. The zero-order valence-corrected chi connectivity index (χ0v) is 17.7. The van der Waals surface area contributed by atoms with Gasteiger partial charge in [-0.05, 0) is 69.6 Å². The van der Waals surface area contributed by atoms with Crippen molar-refractivity contribution in [2.45, 2.75) is 52.4 Å². The maximum atomic E-state index is 12.1. The third-order valence-electron chi connectivity index (χ3n) is 4.25. The highest BCUT2D eigenvalue weighted by atomic mass is 79.9. The average Bonchev–Trinajstić information content (AvgIpc) is 2.60. The number of carbonyl (C=O) groups is 1. The van der Waals surface area contributed by atoms with Crippen molar-refractivity contribution < 1.29 is 9.53 Å². The van der Waals surface area contributed by atoms with E-state index in [1.54, 1.807) is 0 Å². The zero-order chi connectivity index (χ0) is 19.2. The number of hydrogen-bond donors (Lipinski definition) is 1. The Morgan fingerprint density at radius 1 is 1.12 bits per heavy atom. The number of nitrogens with one attached hydrogen (secondary N) is 1. The number of hydrogen-bond acceptors (Lipinski definition) is 2. The van der Waals surface area contributed by atoms with E-state index >= 15 is 0 Å². The number of aryl methyl sites for hydroxylation is 1. The van der Waals surface area contributed by atoms with Crippen LogP contribution >= 0.6 is 15.9 Å². The first kappa shape index (κ1) is 20.5. The molecule has 0 aliphatic rings. The molecule has 0 saturated carbocycles. The molecule has 0 unspecified atom stereocenters. The molecule has 4 heteroatoms. The number of carbonyl (C=O) groups excluding carboxylic acids is 1. The van der Waals surface area contributed by atoms with E-state index in [1.165, 1.54) is 11.1 Å². The normalized spacial score (nSPS) is 11.3. The molecule has 0 spiro atoms. The summed E-state index contributed by atoms with van der Waals surface area (Å²) in [5, 5.41) is 2.94. The largest absolute Gasteiger partial charge is 0.494 e. The van der Waals surface area contributed by atoms with Crippen molar-refractivity contribution in [3.63, 3.8) is 0 Å². The van der Waals surface area contributed by atoms with E-state index in [9.17, 15) is 4.79 Å². The van der Waals surface area contributed by atoms with E-state index in [1.807, 2.05) is 30.3 Å². The fourth-order valence-corrected chi connectivity index (χ4v) is 3.09. The van der Waals surface area contributed by atoms with Crippen molar-refractivity contribution in [3.05, 3.63) is 58.1 Å². The van der Waals surface area contributed by atoms with Gasteiger partial charge in [-0.1, -0.05) is 45.9 Å². The van der Waals surface area contributed by atoms with Crippen LogP contribution in [0, 0.1) is 0 Å². The molecule has 0 aromatic heterocycles. The summed E-state index contributed by atoms with van der Waals surface area (Å²) in [6.07, 6.45) is 2.08. The summed E-state index contributed by atoms with van der Waals surface area (Å²) in [4.78, 5) is 12.1. The summed E-state index contributed by atoms with van der Waals surface area (Å²) in [5.74, 6) is 0.845. The number of halogens is 1. The van der Waals surface area contributed by atoms with Crippen LogP contribution in [0.15, 0.2) is 46.9 Å². The van der Waals surface area contributed by atoms with Crippen molar-refractivity contribution in [1.29, 1.82) is 0 Å². The van der Waals surface area contributed by atoms with Gasteiger partial charge >= 0.3 is 0 Å². The van der Waals surface area contributed by atoms with Gasteiger partial charge in [-0.2, -0.15) is 0 Å². The van der Waals surface area contributed by atoms with Gasteiger partial charge in [0.25, 0.3) is 0 Å². The number of rotatable bonds is 7. The van der Waals surface area contributed by atoms with Crippen LogP contribution in [0.5, 0.6) is 5.75 Å². The molecular formula is C22H28BrNO2. The average molecular weight is 418 g/mol. The molecule has 2 aromatic carbocycles. The molecule has 1 amide bonds. The van der Waals surface area contributed by atoms with Crippen molar-refractivity contribution >= 4 is 27.5 Å². The van der Waals surface area contributed by atoms with Gasteiger partial charge in [-0.3, -0.25) is 4.79 Å². The van der Waals surface area contributed by atoms with Crippen molar-refractivity contribution in [1.82, 2.24) is 0 Å². The monoisotopic (exact) mass is 417 g/mol. The first-order valence-corrected chi connectivity index (χ1v) is 9.90. The summed E-state index contributed by atoms with van der Waals surface area (Å²) < 4.78 is 6.66. The Morgan fingerprint density at radius 2 is 1.81 bits per heavy atom. The fraction of sp³-hybridized carbons (Fsp3) is 0.409. The van der Waals surface area contributed by atoms with Gasteiger partial charge in [-0.25, -0.2) is 0 Å². The lowest BCUT2D eigenvalue weighted by Gasteiger charge is -2.19. The van der Waals surface area contributed by atoms with Gasteiger partial charge in [0.1, 0.15) is 5.75 Å². The Balaban J connectivity index is 1.75. The van der Waals surface area contributed by atoms with E-state index in [2.05, 4.69) is 61.1 Å². The van der Waals surface area contributed by atoms with Crippen molar-refractivity contribution in [2.24, 2.45) is 0 Å². The lowest BCUT2D eigenvalue weighted by molar-refractivity contribution is -0.116. The van der Waals surface area contributed by atoms with Crippen molar-refractivity contribution in [3.8, 4) is 5.75 Å². The topological polar surface area (TPSA) is 38.3 Å². The predicted molar refractivity (Wildman–Crippen MR) is 112 cm³/mol. The van der Waals surface area contributed by atoms with Crippen LogP contribution in [0.2, 0.25) is 0 Å². The molecule has 0 atom stereocenters. The number of amides is 1. The standard InChI is InChI=1S/C22H28BrNO2/c1-5-16-8-13-20(19(23)15-16)24-21(25)7-6-14-26-18-11-9-17(10-12-18)22(2,3)4/h8-13,15H,5-7,14H2,1-4H3,(H,24,25). The number of anilines is 1. The maximum Gasteiger partial charge on any atom is 0.224 e. The summed E-state index contributed by atoms with van der Waals surface area (Å²) in [5.41, 5.74) is 3.47. The quantitative estimate of drug-likeness (QED) is 0.551. The lowest BCUT2D eigenvalue weighted by atomic mass is 9.87. The molecule has 3 nitrogen and oxygen atoms in total. The predicted octanol–water partition coefficient (Wildman–Crippen LogP) is 6.11. The molecule has 0 aliphatic heterocycles. The molecule has 26 heavy (non-hydrogen) atoms. The third-order valence-corrected chi connectivity index (χ3v) is 4.91. The van der Waals surface area contributed by atoms with Crippen LogP contribution in [-0.4, -0.2) is 12.5 Å². The molecule has 0 fully saturated rings. The molecule has 0 aliphatic carbocycles. The maximum absolute atomic E-state index is 12.1. The van der Waals surface area contributed by atoms with Crippen LogP contribution in [0.4, 0.5) is 5.69 Å². The Kier molecular flexibility index (Phi) is 7.27. The summed E-state index contributed by atoms with van der Waals surface area (Å²) in [6.45, 7) is 9.20. The molecule has 1 N–H and O–H groups in total. The number of benzene rings is 2. The van der Waals surface area contributed by atoms with E-state index < -0.39 is 0 Å². The van der Waals surface area contributed by atoms with Crippen molar-refractivity contribution in [2.75, 3.05) is 11.9 Å². The SMILES string of the molecule is CCc1ccc(NC(=O)CCCOc2ccc(C(C)(C)C)cc2)c(Br)c1. The zero-order valence-electron chi connectivity index (χ0n) is 16.1. The van der Waals surface area contributed by atoms with Gasteiger partial charge in [0.05, 0.1) is 12.3 Å². The Bertz CT molecular complexity index is 733. The highest BCUT2D eigenvalue weighted by Crippen LogP contribution is 2.25. The second-order valence-corrected chi connectivity index (χ2v) is 8.30. The molecule has 2 rings (SSSR count). The summed E-state index contributed by atoms with van der Waals surface area (Å²) >= 11 is 3.51. The van der Waals surface area contributed by atoms with Gasteiger partial charge in [0.15, 0.2) is 0 Å². The van der Waals surface area contributed by atoms with E-state index in [-0.39, 0.29) is 11.3 Å². The van der Waals surface area contributed by atoms with Gasteiger partial charge in [0, 0.05) is 10.9 Å². The summed E-state index contributed by atoms with van der Waals surface area (Å²) in [7, 11) is 0. The fourth-order valence-electron chi connectivity index (χ4n) is 2.57. The Morgan fingerprint density at radius 3 is 2.38 bits per heavy atom. The number of ether oxygens (including phenoxy) is 1. The molecule has 0 bridgehead atoms. The van der Waals surface area contributed by atoms with Crippen LogP contribution < -0.4 is 10.1 Å². The Hall–Kier alpha value is -1.81. The third kappa shape index (κ3) is 6.17. The smallest absolute Gasteiger partial charge is 0.224 e. The van der Waals surface area contributed by atoms with Crippen LogP contribution in [-0.2, 0) is 16.6 Å². The molecule has 0 saturated heterocycles. The first-order chi connectivity index (χ1) is 12.3. The van der Waals surface area contributed by atoms with Crippen LogP contribution in [0.1, 0.15) is 51.7 Å². The lowest BCUT2D eigenvalue weighted by Crippen LogP contribution is -2.13. The highest BCUT2D eigenvalue weighted by molar-refractivity contribution is 9.10. The van der Waals surface area contributed by atoms with E-state index in [0.29, 0.717) is 19.4 Å². The first-order valence-electron chi connectivity index (χ1n) is 9.11. The second kappa shape index (κ2) is 9.22. The minimum atomic E-state index is 0.00151. The second-order valence-electron chi connectivity index (χ2n) is 7.44. The van der Waals surface area contributed by atoms with Gasteiger partial charge < -0.3 is 10.1 Å². The molecule has 2 aromatic rings. The van der Waals surface area contributed by atoms with Gasteiger partial charge in [0.2, 0.25) is 5.91 Å². The van der Waals surface area contributed by atoms with E-state index in [0.717, 1.165) is 22.3 Å². The Labute approximate surface area is 165 Å². The molecule has 0 heterocycles. The van der Waals surface area contributed by atoms with E-state index in [4.69, 9.17) is 4.74 Å². The van der Waals surface area contributed by atoms with Gasteiger partial charge in [-0.15, -0.1) is 0 Å². The molecular weight excluding hydrogens is 390 g/mol. The minimum Gasteiger partial charge on any atom is -0.494 e. The molecule has 140 valence electrons. The highest BCUT2D eigenvalue weighted by Gasteiger charge is 2.13. The van der Waals surface area contributed by atoms with Crippen LogP contribution in [0.25, 0.3) is 0 Å².